The molecule has 0 radical (unpaired) electrons. The van der Waals surface area contributed by atoms with Crippen molar-refractivity contribution in [3.63, 3.8) is 0 Å². The van der Waals surface area contributed by atoms with Gasteiger partial charge in [-0.2, -0.15) is 0 Å². The number of aliphatic imine (C=N–C) groups is 1. The van der Waals surface area contributed by atoms with Gasteiger partial charge in [0.2, 0.25) is 5.90 Å². The van der Waals surface area contributed by atoms with Crippen LogP contribution < -0.4 is 0 Å². The van der Waals surface area contributed by atoms with Crippen LogP contribution in [0.4, 0.5) is 0 Å². The molecule has 1 amide bonds. The third-order valence-corrected chi connectivity index (χ3v) is 7.26. The lowest BCUT2D eigenvalue weighted by Crippen LogP contribution is -2.38. The number of rotatable bonds is 5. The van der Waals surface area contributed by atoms with Crippen LogP contribution in [0.1, 0.15) is 28.4 Å². The van der Waals surface area contributed by atoms with Crippen LogP contribution in [0.3, 0.4) is 0 Å². The molecule has 2 unspecified atom stereocenters. The number of benzene rings is 3. The van der Waals surface area contributed by atoms with Crippen LogP contribution in [-0.2, 0) is 16.1 Å². The van der Waals surface area contributed by atoms with Crippen molar-refractivity contribution in [2.24, 2.45) is 4.99 Å². The van der Waals surface area contributed by atoms with Crippen LogP contribution in [0.15, 0.2) is 119 Å². The second-order valence-electron chi connectivity index (χ2n) is 8.93. The van der Waals surface area contributed by atoms with Gasteiger partial charge in [0.1, 0.15) is 0 Å². The smallest absolute Gasteiger partial charge is 0.252 e. The molecule has 1 aromatic heterocycles. The fourth-order valence-electron chi connectivity index (χ4n) is 4.40. The first-order valence-corrected chi connectivity index (χ1v) is 13.4. The first-order valence-electron chi connectivity index (χ1n) is 12.4. The number of hydrogen-bond acceptors (Lipinski definition) is 5. The van der Waals surface area contributed by atoms with Crippen molar-refractivity contribution >= 4 is 23.6 Å². The van der Waals surface area contributed by atoms with Gasteiger partial charge >= 0.3 is 0 Å². The number of amides is 1. The number of ether oxygens (including phenoxy) is 1. The number of aryl methyl sites for hydroxylation is 1. The van der Waals surface area contributed by atoms with Crippen molar-refractivity contribution in [2.45, 2.75) is 30.5 Å². The van der Waals surface area contributed by atoms with Gasteiger partial charge in [0.05, 0.1) is 0 Å². The van der Waals surface area contributed by atoms with Gasteiger partial charge in [-0.1, -0.05) is 66.7 Å². The molecular weight excluding hydrogens is 478 g/mol. The van der Waals surface area contributed by atoms with Gasteiger partial charge in [0.25, 0.3) is 5.91 Å². The minimum Gasteiger partial charge on any atom is -0.466 e. The molecule has 0 saturated heterocycles. The number of thioether (sulfide) groups is 1. The Bertz CT molecular complexity index is 1350. The lowest BCUT2D eigenvalue weighted by molar-refractivity contribution is -0.133. The van der Waals surface area contributed by atoms with E-state index < -0.39 is 6.04 Å². The molecule has 0 bridgehead atoms. The maximum Gasteiger partial charge on any atom is 0.252 e. The van der Waals surface area contributed by atoms with Gasteiger partial charge in [0.15, 0.2) is 12.1 Å². The van der Waals surface area contributed by atoms with Crippen molar-refractivity contribution < 1.29 is 9.53 Å². The average Bonchev–Trinajstić information content (AvgIpc) is 3.36. The molecule has 3 heterocycles. The summed E-state index contributed by atoms with van der Waals surface area (Å²) in [7, 11) is 0. The van der Waals surface area contributed by atoms with E-state index in [1.807, 2.05) is 90.8 Å². The highest BCUT2D eigenvalue weighted by atomic mass is 32.2. The van der Waals surface area contributed by atoms with Crippen LogP contribution in [-0.4, -0.2) is 40.0 Å². The van der Waals surface area contributed by atoms with Crippen molar-refractivity contribution in [3.05, 3.63) is 132 Å². The summed E-state index contributed by atoms with van der Waals surface area (Å²) in [6.07, 6.45) is 3.24. The molecule has 0 N–H and O–H groups in total. The number of hydrogen-bond donors (Lipinski definition) is 0. The number of nitrogens with zero attached hydrogens (tertiary/aromatic N) is 3. The van der Waals surface area contributed by atoms with Gasteiger partial charge in [-0.25, -0.2) is 4.99 Å². The van der Waals surface area contributed by atoms with E-state index in [1.54, 1.807) is 18.0 Å². The molecule has 0 fully saturated rings. The molecule has 2 atom stereocenters. The van der Waals surface area contributed by atoms with E-state index in [0.29, 0.717) is 19.0 Å². The molecule has 0 aliphatic carbocycles. The van der Waals surface area contributed by atoms with E-state index in [2.05, 4.69) is 29.2 Å². The summed E-state index contributed by atoms with van der Waals surface area (Å²) in [6.45, 7) is 3.29. The highest BCUT2D eigenvalue weighted by Crippen LogP contribution is 2.37. The molecular formula is C31H29N3O2S. The van der Waals surface area contributed by atoms with Gasteiger partial charge in [-0.05, 0) is 48.4 Å². The third kappa shape index (κ3) is 6.09. The summed E-state index contributed by atoms with van der Waals surface area (Å²) >= 11 is 1.77. The second-order valence-corrected chi connectivity index (χ2v) is 10.1. The highest BCUT2D eigenvalue weighted by molar-refractivity contribution is 7.99. The lowest BCUT2D eigenvalue weighted by atomic mass is 9.99. The average molecular weight is 508 g/mol. The van der Waals surface area contributed by atoms with Crippen molar-refractivity contribution in [3.8, 4) is 0 Å². The Morgan fingerprint density at radius 2 is 1.65 bits per heavy atom. The zero-order valence-electron chi connectivity index (χ0n) is 20.7. The van der Waals surface area contributed by atoms with Crippen LogP contribution in [0.5, 0.6) is 0 Å². The molecule has 6 heteroatoms. The molecule has 0 spiro atoms. The molecule has 186 valence electrons. The van der Waals surface area contributed by atoms with E-state index in [0.717, 1.165) is 22.4 Å². The van der Waals surface area contributed by atoms with Crippen molar-refractivity contribution in [2.75, 3.05) is 12.3 Å². The Balaban J connectivity index is 0.000000348. The van der Waals surface area contributed by atoms with E-state index in [1.165, 1.54) is 10.5 Å². The minimum absolute atomic E-state index is 0.0378. The normalized spacial score (nSPS) is 17.9. The maximum absolute atomic E-state index is 13.4. The standard InChI is InChI=1S/C25H22N2O2S.C6H7N/c28-25-22-23(29-24(26-22)18-9-3-1-4-10-18)21-14-8-7-11-19(21)17-27(25)15-16-30-20-12-5-2-6-13-20;1-6-3-2-4-7-5-6/h1-14,22-23H,15-17H2;2-5H,1H3. The van der Waals surface area contributed by atoms with Crippen molar-refractivity contribution in [1.29, 1.82) is 0 Å². The van der Waals surface area contributed by atoms with E-state index in [9.17, 15) is 4.79 Å². The first-order chi connectivity index (χ1) is 18.2. The predicted octanol–water partition coefficient (Wildman–Crippen LogP) is 6.10. The quantitative estimate of drug-likeness (QED) is 0.307. The van der Waals surface area contributed by atoms with Gasteiger partial charge in [-0.15, -0.1) is 11.8 Å². The number of pyridine rings is 1. The molecule has 3 aromatic carbocycles. The number of carbonyl (C=O) groups is 1. The van der Waals surface area contributed by atoms with Crippen LogP contribution >= 0.6 is 11.8 Å². The lowest BCUT2D eigenvalue weighted by Gasteiger charge is -2.22. The summed E-state index contributed by atoms with van der Waals surface area (Å²) in [5.41, 5.74) is 4.31. The fourth-order valence-corrected chi connectivity index (χ4v) is 5.30. The fraction of sp³-hybridized carbons (Fsp3) is 0.194. The molecule has 2 aliphatic heterocycles. The molecule has 0 saturated carbocycles. The zero-order valence-corrected chi connectivity index (χ0v) is 21.6. The first kappa shape index (κ1) is 24.8. The minimum atomic E-state index is -0.536. The van der Waals surface area contributed by atoms with Gasteiger partial charge in [-0.3, -0.25) is 9.78 Å². The summed E-state index contributed by atoms with van der Waals surface area (Å²) in [6, 6.07) is 31.7. The Kier molecular flexibility index (Phi) is 7.96. The molecule has 5 nitrogen and oxygen atoms in total. The topological polar surface area (TPSA) is 54.8 Å². The second kappa shape index (κ2) is 11.9. The molecule has 6 rings (SSSR count). The van der Waals surface area contributed by atoms with E-state index >= 15 is 0 Å². The Morgan fingerprint density at radius 1 is 0.919 bits per heavy atom. The Labute approximate surface area is 222 Å². The Morgan fingerprint density at radius 3 is 2.35 bits per heavy atom. The highest BCUT2D eigenvalue weighted by Gasteiger charge is 2.43. The molecule has 2 aliphatic rings. The molecule has 37 heavy (non-hydrogen) atoms. The predicted molar refractivity (Wildman–Crippen MR) is 149 cm³/mol. The van der Waals surface area contributed by atoms with Crippen LogP contribution in [0.25, 0.3) is 0 Å². The monoisotopic (exact) mass is 507 g/mol. The van der Waals surface area contributed by atoms with Crippen LogP contribution in [0.2, 0.25) is 0 Å². The number of carbonyl (C=O) groups excluding carboxylic acids is 1. The number of fused-ring (bicyclic) bond motifs is 3. The Hall–Kier alpha value is -3.90. The molecule has 4 aromatic rings. The van der Waals surface area contributed by atoms with Crippen molar-refractivity contribution in [1.82, 2.24) is 9.88 Å². The van der Waals surface area contributed by atoms with E-state index in [-0.39, 0.29) is 12.0 Å². The number of aromatic nitrogens is 1. The summed E-state index contributed by atoms with van der Waals surface area (Å²) in [5.74, 6) is 1.43. The van der Waals surface area contributed by atoms with Crippen LogP contribution in [0, 0.1) is 6.92 Å². The largest absolute Gasteiger partial charge is 0.466 e. The zero-order chi connectivity index (χ0) is 25.5. The van der Waals surface area contributed by atoms with E-state index in [4.69, 9.17) is 9.73 Å². The SMILES string of the molecule is Cc1cccnc1.O=C1C2N=C(c3ccccc3)OC2c2ccccc2CN1CCSc1ccccc1. The summed E-state index contributed by atoms with van der Waals surface area (Å²) < 4.78 is 6.25. The summed E-state index contributed by atoms with van der Waals surface area (Å²) in [5, 5.41) is 0. The maximum atomic E-state index is 13.4. The van der Waals surface area contributed by atoms with Gasteiger partial charge in [0, 0.05) is 47.3 Å². The summed E-state index contributed by atoms with van der Waals surface area (Å²) in [4.78, 5) is 25.2. The van der Waals surface area contributed by atoms with Gasteiger partial charge < -0.3 is 9.64 Å². The third-order valence-electron chi connectivity index (χ3n) is 6.27.